The fourth-order valence-corrected chi connectivity index (χ4v) is 8.78. The number of aliphatic hydroxyl groups excluding tert-OH is 2. The number of carboxylic acid groups (broad SMARTS) is 1. The summed E-state index contributed by atoms with van der Waals surface area (Å²) in [4.78, 5) is 16.5. The first kappa shape index (κ1) is 33.4. The van der Waals surface area contributed by atoms with Crippen molar-refractivity contribution in [3.63, 3.8) is 0 Å². The van der Waals surface area contributed by atoms with Crippen LogP contribution in [0.5, 0.6) is 0 Å². The SMILES string of the molecule is CCCCC[C@@H]1C=C[C@H](CCCCC[C@H](C(=O)O)[C@H](O)CC[C@]2(O)CC[C@H](C3(C4=CCN=C4)CCCCC3)C2)[C@H](O)C1. The second-order valence-corrected chi connectivity index (χ2v) is 14.3. The van der Waals surface area contributed by atoms with Gasteiger partial charge in [-0.1, -0.05) is 82.9 Å². The lowest BCUT2D eigenvalue weighted by Gasteiger charge is -2.43. The summed E-state index contributed by atoms with van der Waals surface area (Å²) in [6.07, 6.45) is 26.7. The van der Waals surface area contributed by atoms with Gasteiger partial charge in [0.15, 0.2) is 0 Å². The lowest BCUT2D eigenvalue weighted by molar-refractivity contribution is -0.146. The van der Waals surface area contributed by atoms with E-state index in [1.54, 1.807) is 0 Å². The van der Waals surface area contributed by atoms with Crippen LogP contribution in [0.4, 0.5) is 0 Å². The number of hydrogen-bond acceptors (Lipinski definition) is 5. The van der Waals surface area contributed by atoms with Crippen molar-refractivity contribution in [1.82, 2.24) is 0 Å². The number of aliphatic imine (C=N–C) groups is 1. The third kappa shape index (κ3) is 8.79. The highest BCUT2D eigenvalue weighted by atomic mass is 16.4. The third-order valence-electron chi connectivity index (χ3n) is 11.4. The van der Waals surface area contributed by atoms with Gasteiger partial charge >= 0.3 is 5.97 Å². The fraction of sp³-hybridized carbons (Fsp3) is 0.833. The molecular formula is C36H59NO5. The molecule has 42 heavy (non-hydrogen) atoms. The van der Waals surface area contributed by atoms with Gasteiger partial charge in [-0.25, -0.2) is 0 Å². The number of aliphatic carboxylic acids is 1. The Bertz CT molecular complexity index is 937. The van der Waals surface area contributed by atoms with Crippen LogP contribution >= 0.6 is 0 Å². The van der Waals surface area contributed by atoms with E-state index < -0.39 is 23.6 Å². The molecule has 0 amide bonds. The van der Waals surface area contributed by atoms with E-state index in [9.17, 15) is 25.2 Å². The maximum absolute atomic E-state index is 12.1. The fourth-order valence-electron chi connectivity index (χ4n) is 8.78. The van der Waals surface area contributed by atoms with Crippen molar-refractivity contribution in [3.8, 4) is 0 Å². The molecule has 0 aromatic rings. The largest absolute Gasteiger partial charge is 0.481 e. The molecular weight excluding hydrogens is 526 g/mol. The normalized spacial score (nSPS) is 32.1. The van der Waals surface area contributed by atoms with Gasteiger partial charge in [-0.15, -0.1) is 0 Å². The topological polar surface area (TPSA) is 110 Å². The van der Waals surface area contributed by atoms with Crippen LogP contribution in [0, 0.1) is 29.1 Å². The van der Waals surface area contributed by atoms with Gasteiger partial charge in [0.1, 0.15) is 0 Å². The first-order valence-corrected chi connectivity index (χ1v) is 17.5. The lowest BCUT2D eigenvalue weighted by atomic mass is 9.61. The van der Waals surface area contributed by atoms with Gasteiger partial charge in [-0.2, -0.15) is 0 Å². The molecule has 1 heterocycles. The predicted molar refractivity (Wildman–Crippen MR) is 170 cm³/mol. The average Bonchev–Trinajstić information content (AvgIpc) is 3.66. The molecule has 4 rings (SSSR count). The molecule has 4 N–H and O–H groups in total. The molecule has 0 aromatic heterocycles. The second kappa shape index (κ2) is 16.0. The van der Waals surface area contributed by atoms with Crippen molar-refractivity contribution < 1.29 is 25.2 Å². The maximum atomic E-state index is 12.1. The van der Waals surface area contributed by atoms with Crippen molar-refractivity contribution in [2.24, 2.45) is 34.1 Å². The molecule has 0 radical (unpaired) electrons. The van der Waals surface area contributed by atoms with E-state index in [0.29, 0.717) is 31.1 Å². The number of aliphatic hydroxyl groups is 3. The number of carboxylic acids is 1. The summed E-state index contributed by atoms with van der Waals surface area (Å²) < 4.78 is 0. The molecule has 0 spiro atoms. The van der Waals surface area contributed by atoms with Gasteiger partial charge in [0.25, 0.3) is 0 Å². The molecule has 2 saturated carbocycles. The molecule has 0 bridgehead atoms. The van der Waals surface area contributed by atoms with Gasteiger partial charge in [0, 0.05) is 12.1 Å². The Morgan fingerprint density at radius 2 is 1.81 bits per heavy atom. The summed E-state index contributed by atoms with van der Waals surface area (Å²) in [5.74, 6) is -0.599. The first-order chi connectivity index (χ1) is 20.3. The van der Waals surface area contributed by atoms with Crippen LogP contribution in [-0.4, -0.2) is 57.0 Å². The van der Waals surface area contributed by atoms with Crippen LogP contribution in [0.1, 0.15) is 135 Å². The highest BCUT2D eigenvalue weighted by Crippen LogP contribution is 2.56. The Kier molecular flexibility index (Phi) is 12.7. The molecule has 0 saturated heterocycles. The van der Waals surface area contributed by atoms with Crippen molar-refractivity contribution in [3.05, 3.63) is 23.8 Å². The molecule has 0 aromatic carbocycles. The summed E-state index contributed by atoms with van der Waals surface area (Å²) in [5, 5.41) is 43.0. The van der Waals surface area contributed by atoms with Crippen molar-refractivity contribution in [2.45, 2.75) is 153 Å². The Morgan fingerprint density at radius 3 is 2.50 bits per heavy atom. The zero-order chi connectivity index (χ0) is 30.0. The van der Waals surface area contributed by atoms with Gasteiger partial charge in [0.2, 0.25) is 0 Å². The third-order valence-corrected chi connectivity index (χ3v) is 11.4. The molecule has 238 valence electrons. The Hall–Kier alpha value is -1.50. The summed E-state index contributed by atoms with van der Waals surface area (Å²) in [6.45, 7) is 2.99. The van der Waals surface area contributed by atoms with E-state index in [4.69, 9.17) is 0 Å². The molecule has 6 nitrogen and oxygen atoms in total. The van der Waals surface area contributed by atoms with Crippen LogP contribution in [0.25, 0.3) is 0 Å². The lowest BCUT2D eigenvalue weighted by Crippen LogP contribution is -2.37. The number of unbranched alkanes of at least 4 members (excludes halogenated alkanes) is 4. The van der Waals surface area contributed by atoms with Gasteiger partial charge < -0.3 is 20.4 Å². The number of rotatable bonds is 17. The smallest absolute Gasteiger partial charge is 0.309 e. The minimum atomic E-state index is -0.938. The maximum Gasteiger partial charge on any atom is 0.309 e. The van der Waals surface area contributed by atoms with Crippen molar-refractivity contribution in [1.29, 1.82) is 0 Å². The van der Waals surface area contributed by atoms with Crippen molar-refractivity contribution >= 4 is 12.2 Å². The quantitative estimate of drug-likeness (QED) is 0.105. The Labute approximate surface area is 254 Å². The molecule has 0 unspecified atom stereocenters. The van der Waals surface area contributed by atoms with E-state index in [1.165, 1.54) is 63.4 Å². The molecule has 6 heteroatoms. The van der Waals surface area contributed by atoms with Crippen LogP contribution in [0.15, 0.2) is 28.8 Å². The summed E-state index contributed by atoms with van der Waals surface area (Å²) in [6, 6.07) is 0. The number of nitrogens with zero attached hydrogens (tertiary/aromatic N) is 1. The van der Waals surface area contributed by atoms with Gasteiger partial charge in [-0.05, 0) is 93.5 Å². The number of allylic oxidation sites excluding steroid dienone is 2. The minimum Gasteiger partial charge on any atom is -0.481 e. The van der Waals surface area contributed by atoms with Crippen molar-refractivity contribution in [2.75, 3.05) is 6.54 Å². The first-order valence-electron chi connectivity index (χ1n) is 17.5. The average molecular weight is 586 g/mol. The van der Waals surface area contributed by atoms with Gasteiger partial charge in [-0.3, -0.25) is 9.79 Å². The monoisotopic (exact) mass is 585 g/mol. The number of carbonyl (C=O) groups is 1. The summed E-state index contributed by atoms with van der Waals surface area (Å²) in [5.41, 5.74) is 0.687. The van der Waals surface area contributed by atoms with E-state index in [0.717, 1.165) is 57.9 Å². The minimum absolute atomic E-state index is 0.130. The highest BCUT2D eigenvalue weighted by Gasteiger charge is 2.49. The van der Waals surface area contributed by atoms with E-state index in [1.807, 2.05) is 0 Å². The van der Waals surface area contributed by atoms with Gasteiger partial charge in [0.05, 0.1) is 30.3 Å². The van der Waals surface area contributed by atoms with E-state index in [2.05, 4.69) is 36.4 Å². The van der Waals surface area contributed by atoms with E-state index in [-0.39, 0.29) is 17.4 Å². The van der Waals surface area contributed by atoms with E-state index >= 15 is 0 Å². The van der Waals surface area contributed by atoms with Crippen LogP contribution in [-0.2, 0) is 4.79 Å². The van der Waals surface area contributed by atoms with Crippen LogP contribution < -0.4 is 0 Å². The summed E-state index contributed by atoms with van der Waals surface area (Å²) in [7, 11) is 0. The molecule has 1 aliphatic heterocycles. The molecule has 7 atom stereocenters. The van der Waals surface area contributed by atoms with Crippen LogP contribution in [0.2, 0.25) is 0 Å². The predicted octanol–water partition coefficient (Wildman–Crippen LogP) is 7.40. The standard InChI is InChI=1S/C36H59NO5/c1-2-3-6-11-27-14-15-28(33(39)24-27)12-7-4-8-13-31(34(40)41)32(38)17-22-35(42)21-16-29(25-35)36(19-9-5-10-20-36)30-18-23-37-26-30/h14-15,18,26-29,31-33,38-39,42H,2-13,16-17,19-25H2,1H3,(H,40,41)/t27-,28+,29+,31+,32-,33-,35-/m1/s1. The van der Waals surface area contributed by atoms with Crippen LogP contribution in [0.3, 0.4) is 0 Å². The molecule has 3 aliphatic carbocycles. The second-order valence-electron chi connectivity index (χ2n) is 14.3. The zero-order valence-corrected chi connectivity index (χ0v) is 26.3. The Balaban J connectivity index is 1.18. The molecule has 4 aliphatic rings. The summed E-state index contributed by atoms with van der Waals surface area (Å²) >= 11 is 0. The highest BCUT2D eigenvalue weighted by molar-refractivity contribution is 5.83. The number of hydrogen-bond donors (Lipinski definition) is 4. The Morgan fingerprint density at radius 1 is 1.02 bits per heavy atom. The molecule has 2 fully saturated rings. The zero-order valence-electron chi connectivity index (χ0n) is 26.3.